The molecule has 0 aromatic carbocycles. The number of alkyl halides is 1. The molecule has 1 N–H and O–H groups in total. The average Bonchev–Trinajstić information content (AvgIpc) is 2.53. The van der Waals surface area contributed by atoms with Gasteiger partial charge in [0.15, 0.2) is 0 Å². The van der Waals surface area contributed by atoms with E-state index in [4.69, 9.17) is 34.8 Å². The second kappa shape index (κ2) is 6.59. The van der Waals surface area contributed by atoms with Crippen LogP contribution in [-0.4, -0.2) is 20.3 Å². The SMILES string of the molecule is CC(Cl)CCCNS(=O)(=O)c1cc(Cl)sc1Cl. The summed E-state index contributed by atoms with van der Waals surface area (Å²) in [6, 6.07) is 1.35. The molecular weight excluding hydrogens is 325 g/mol. The molecule has 1 atom stereocenters. The first-order valence-electron chi connectivity index (χ1n) is 4.91. The van der Waals surface area contributed by atoms with Crippen LogP contribution in [0.15, 0.2) is 11.0 Å². The highest BCUT2D eigenvalue weighted by atomic mass is 35.5. The van der Waals surface area contributed by atoms with E-state index in [1.54, 1.807) is 0 Å². The van der Waals surface area contributed by atoms with E-state index < -0.39 is 10.0 Å². The van der Waals surface area contributed by atoms with Crippen molar-refractivity contribution in [1.82, 2.24) is 4.72 Å². The standard InChI is InChI=1S/C9H12Cl3NO2S2/c1-6(10)3-2-4-13-17(14,15)7-5-8(11)16-9(7)12/h5-6,13H,2-4H2,1H3. The molecule has 0 radical (unpaired) electrons. The Kier molecular flexibility index (Phi) is 6.02. The van der Waals surface area contributed by atoms with E-state index in [1.165, 1.54) is 6.07 Å². The molecule has 0 aliphatic carbocycles. The minimum atomic E-state index is -3.57. The van der Waals surface area contributed by atoms with Crippen molar-refractivity contribution < 1.29 is 8.42 Å². The topological polar surface area (TPSA) is 46.2 Å². The first kappa shape index (κ1) is 15.5. The Bertz CT molecular complexity index is 471. The molecule has 1 aromatic rings. The van der Waals surface area contributed by atoms with Gasteiger partial charge < -0.3 is 0 Å². The van der Waals surface area contributed by atoms with Crippen LogP contribution in [0.1, 0.15) is 19.8 Å². The van der Waals surface area contributed by atoms with Gasteiger partial charge in [-0.3, -0.25) is 0 Å². The molecule has 0 saturated carbocycles. The van der Waals surface area contributed by atoms with Gasteiger partial charge in [-0.25, -0.2) is 13.1 Å². The molecule has 1 unspecified atom stereocenters. The Balaban J connectivity index is 2.60. The van der Waals surface area contributed by atoms with E-state index in [9.17, 15) is 8.42 Å². The van der Waals surface area contributed by atoms with Gasteiger partial charge in [-0.15, -0.1) is 22.9 Å². The summed E-state index contributed by atoms with van der Waals surface area (Å²) in [7, 11) is -3.57. The molecule has 1 rings (SSSR count). The van der Waals surface area contributed by atoms with Gasteiger partial charge in [-0.05, 0) is 25.8 Å². The molecule has 8 heteroatoms. The van der Waals surface area contributed by atoms with E-state index in [1.807, 2.05) is 6.92 Å². The van der Waals surface area contributed by atoms with Gasteiger partial charge >= 0.3 is 0 Å². The average molecular weight is 337 g/mol. The van der Waals surface area contributed by atoms with E-state index in [2.05, 4.69) is 4.72 Å². The van der Waals surface area contributed by atoms with Crippen molar-refractivity contribution in [3.8, 4) is 0 Å². The molecule has 0 saturated heterocycles. The van der Waals surface area contributed by atoms with Crippen LogP contribution in [-0.2, 0) is 10.0 Å². The van der Waals surface area contributed by atoms with Crippen LogP contribution in [0.4, 0.5) is 0 Å². The lowest BCUT2D eigenvalue weighted by Gasteiger charge is -2.06. The van der Waals surface area contributed by atoms with E-state index >= 15 is 0 Å². The molecular formula is C9H12Cl3NO2S2. The van der Waals surface area contributed by atoms with Crippen LogP contribution < -0.4 is 4.72 Å². The number of hydrogen-bond donors (Lipinski definition) is 1. The van der Waals surface area contributed by atoms with Gasteiger partial charge in [0, 0.05) is 11.9 Å². The summed E-state index contributed by atoms with van der Waals surface area (Å²) in [6.45, 7) is 2.20. The first-order chi connectivity index (χ1) is 7.83. The molecule has 3 nitrogen and oxygen atoms in total. The molecule has 98 valence electrons. The fraction of sp³-hybridized carbons (Fsp3) is 0.556. The smallest absolute Gasteiger partial charge is 0.211 e. The van der Waals surface area contributed by atoms with Gasteiger partial charge in [0.25, 0.3) is 0 Å². The van der Waals surface area contributed by atoms with Gasteiger partial charge in [-0.1, -0.05) is 23.2 Å². The van der Waals surface area contributed by atoms with E-state index in [-0.39, 0.29) is 14.6 Å². The zero-order valence-corrected chi connectivity index (χ0v) is 12.9. The van der Waals surface area contributed by atoms with E-state index in [0.717, 1.165) is 17.8 Å². The molecule has 0 spiro atoms. The van der Waals surface area contributed by atoms with Crippen molar-refractivity contribution in [2.24, 2.45) is 0 Å². The van der Waals surface area contributed by atoms with Gasteiger partial charge in [-0.2, -0.15) is 0 Å². The van der Waals surface area contributed by atoms with Gasteiger partial charge in [0.2, 0.25) is 10.0 Å². The normalized spacial score (nSPS) is 13.9. The second-order valence-corrected chi connectivity index (χ2v) is 8.28. The number of sulfonamides is 1. The third kappa shape index (κ3) is 4.93. The highest BCUT2D eigenvalue weighted by Gasteiger charge is 2.20. The van der Waals surface area contributed by atoms with E-state index in [0.29, 0.717) is 17.3 Å². The van der Waals surface area contributed by atoms with Crippen molar-refractivity contribution >= 4 is 56.2 Å². The third-order valence-corrected chi connectivity index (χ3v) is 5.42. The zero-order chi connectivity index (χ0) is 13.1. The molecule has 0 amide bonds. The number of hydrogen-bond acceptors (Lipinski definition) is 3. The largest absolute Gasteiger partial charge is 0.242 e. The Morgan fingerprint density at radius 2 is 2.12 bits per heavy atom. The Morgan fingerprint density at radius 3 is 2.59 bits per heavy atom. The Hall–Kier alpha value is 0.480. The second-order valence-electron chi connectivity index (χ2n) is 3.51. The van der Waals surface area contributed by atoms with Gasteiger partial charge in [0.05, 0.1) is 4.34 Å². The molecule has 17 heavy (non-hydrogen) atoms. The third-order valence-electron chi connectivity index (χ3n) is 1.99. The number of halogens is 3. The maximum absolute atomic E-state index is 11.8. The summed E-state index contributed by atoms with van der Waals surface area (Å²) in [6.07, 6.45) is 1.43. The summed E-state index contributed by atoms with van der Waals surface area (Å²) in [5, 5.41) is 0.0404. The van der Waals surface area contributed by atoms with Crippen molar-refractivity contribution in [3.63, 3.8) is 0 Å². The molecule has 0 aliphatic heterocycles. The van der Waals surface area contributed by atoms with Crippen molar-refractivity contribution in [1.29, 1.82) is 0 Å². The van der Waals surface area contributed by atoms with Crippen LogP contribution in [0.5, 0.6) is 0 Å². The zero-order valence-electron chi connectivity index (χ0n) is 9.04. The van der Waals surface area contributed by atoms with Crippen molar-refractivity contribution in [2.45, 2.75) is 30.0 Å². The lowest BCUT2D eigenvalue weighted by Crippen LogP contribution is -2.25. The molecule has 1 aromatic heterocycles. The Labute approximate surface area is 120 Å². The minimum absolute atomic E-state index is 0.0353. The highest BCUT2D eigenvalue weighted by Crippen LogP contribution is 2.33. The molecule has 0 bridgehead atoms. The molecule has 0 fully saturated rings. The summed E-state index contributed by atoms with van der Waals surface area (Å²) in [4.78, 5) is 0.0353. The summed E-state index contributed by atoms with van der Waals surface area (Å²) < 4.78 is 26.6. The minimum Gasteiger partial charge on any atom is -0.211 e. The number of nitrogens with one attached hydrogen (secondary N) is 1. The van der Waals surface area contributed by atoms with Crippen molar-refractivity contribution in [2.75, 3.05) is 6.54 Å². The van der Waals surface area contributed by atoms with Gasteiger partial charge in [0.1, 0.15) is 9.23 Å². The predicted molar refractivity (Wildman–Crippen MR) is 74.1 cm³/mol. The number of rotatable bonds is 6. The predicted octanol–water partition coefficient (Wildman–Crippen LogP) is 3.74. The van der Waals surface area contributed by atoms with Crippen LogP contribution in [0.3, 0.4) is 0 Å². The Morgan fingerprint density at radius 1 is 1.47 bits per heavy atom. The lowest BCUT2D eigenvalue weighted by molar-refractivity contribution is 0.576. The maximum Gasteiger partial charge on any atom is 0.242 e. The van der Waals surface area contributed by atoms with Crippen LogP contribution in [0.2, 0.25) is 8.67 Å². The fourth-order valence-electron chi connectivity index (χ4n) is 1.18. The maximum atomic E-state index is 11.8. The highest BCUT2D eigenvalue weighted by molar-refractivity contribution is 7.89. The fourth-order valence-corrected chi connectivity index (χ4v) is 4.55. The van der Waals surface area contributed by atoms with Crippen LogP contribution in [0, 0.1) is 0 Å². The molecule has 1 heterocycles. The quantitative estimate of drug-likeness (QED) is 0.635. The lowest BCUT2D eigenvalue weighted by atomic mass is 10.2. The van der Waals surface area contributed by atoms with Crippen molar-refractivity contribution in [3.05, 3.63) is 14.7 Å². The summed E-state index contributed by atoms with van der Waals surface area (Å²) in [5.74, 6) is 0. The number of thiophene rings is 1. The molecule has 0 aliphatic rings. The monoisotopic (exact) mass is 335 g/mol. The van der Waals surface area contributed by atoms with Crippen LogP contribution >= 0.6 is 46.1 Å². The first-order valence-corrected chi connectivity index (χ1v) is 8.40. The van der Waals surface area contributed by atoms with Crippen LogP contribution in [0.25, 0.3) is 0 Å². The summed E-state index contributed by atoms with van der Waals surface area (Å²) >= 11 is 18.3. The summed E-state index contributed by atoms with van der Waals surface area (Å²) in [5.41, 5.74) is 0.